The second-order valence-electron chi connectivity index (χ2n) is 8.23. The molecule has 0 aromatic heterocycles. The van der Waals surface area contributed by atoms with E-state index in [-0.39, 0.29) is 29.3 Å². The number of aromatic hydroxyl groups is 1. The van der Waals surface area contributed by atoms with Crippen molar-refractivity contribution in [2.24, 2.45) is 5.73 Å². The van der Waals surface area contributed by atoms with E-state index in [0.29, 0.717) is 5.75 Å². The van der Waals surface area contributed by atoms with Crippen LogP contribution in [0.25, 0.3) is 0 Å². The number of nitrogens with two attached hydrogens (primary N) is 1. The summed E-state index contributed by atoms with van der Waals surface area (Å²) in [5, 5.41) is 10.7. The highest BCUT2D eigenvalue weighted by Gasteiger charge is 2.27. The highest BCUT2D eigenvalue weighted by Crippen LogP contribution is 2.41. The van der Waals surface area contributed by atoms with Crippen LogP contribution in [0.15, 0.2) is 24.3 Å². The third-order valence-corrected chi connectivity index (χ3v) is 3.74. The van der Waals surface area contributed by atoms with Gasteiger partial charge in [0.2, 0.25) is 0 Å². The fourth-order valence-electron chi connectivity index (χ4n) is 2.51. The molecule has 22 heavy (non-hydrogen) atoms. The van der Waals surface area contributed by atoms with E-state index in [1.54, 1.807) is 0 Å². The van der Waals surface area contributed by atoms with Crippen molar-refractivity contribution in [1.29, 1.82) is 0 Å². The summed E-state index contributed by atoms with van der Waals surface area (Å²) in [4.78, 5) is 0. The Labute approximate surface area is 142 Å². The Morgan fingerprint density at radius 1 is 1.09 bits per heavy atom. The number of phenols is 1. The highest BCUT2D eigenvalue weighted by atomic mass is 35.5. The predicted octanol–water partition coefficient (Wildman–Crippen LogP) is 5.38. The summed E-state index contributed by atoms with van der Waals surface area (Å²) in [5.41, 5.74) is 10.2. The van der Waals surface area contributed by atoms with Crippen LogP contribution in [0.3, 0.4) is 0 Å². The van der Waals surface area contributed by atoms with Crippen molar-refractivity contribution in [3.05, 3.63) is 41.0 Å². The van der Waals surface area contributed by atoms with Gasteiger partial charge in [-0.05, 0) is 53.0 Å². The third-order valence-electron chi connectivity index (χ3n) is 3.74. The van der Waals surface area contributed by atoms with E-state index < -0.39 is 0 Å². The molecule has 1 aromatic carbocycles. The van der Waals surface area contributed by atoms with Crippen LogP contribution >= 0.6 is 12.4 Å². The van der Waals surface area contributed by atoms with Crippen molar-refractivity contribution >= 4 is 12.4 Å². The van der Waals surface area contributed by atoms with Gasteiger partial charge in [0.05, 0.1) is 0 Å². The molecule has 1 aromatic rings. The fraction of sp³-hybridized carbons (Fsp3) is 0.579. The minimum absolute atomic E-state index is 0. The van der Waals surface area contributed by atoms with Crippen molar-refractivity contribution in [3.8, 4) is 5.75 Å². The molecule has 0 spiro atoms. The average Bonchev–Trinajstić information content (AvgIpc) is 2.24. The van der Waals surface area contributed by atoms with Crippen molar-refractivity contribution < 1.29 is 5.11 Å². The average molecular weight is 326 g/mol. The molecule has 0 radical (unpaired) electrons. The molecule has 2 nitrogen and oxygen atoms in total. The second-order valence-corrected chi connectivity index (χ2v) is 8.23. The number of hydrogen-bond acceptors (Lipinski definition) is 2. The summed E-state index contributed by atoms with van der Waals surface area (Å²) in [7, 11) is 0. The van der Waals surface area contributed by atoms with E-state index in [4.69, 9.17) is 5.73 Å². The lowest BCUT2D eigenvalue weighted by molar-refractivity contribution is 0.422. The van der Waals surface area contributed by atoms with Crippen LogP contribution in [-0.4, -0.2) is 5.11 Å². The quantitative estimate of drug-likeness (QED) is 0.733. The molecule has 0 unspecified atom stereocenters. The van der Waals surface area contributed by atoms with Crippen molar-refractivity contribution in [2.75, 3.05) is 0 Å². The maximum atomic E-state index is 10.7. The molecular formula is C19H32ClNO. The van der Waals surface area contributed by atoms with Crippen LogP contribution in [0.1, 0.15) is 77.6 Å². The molecule has 0 fully saturated rings. The first-order chi connectivity index (χ1) is 9.34. The third kappa shape index (κ3) is 5.03. The molecule has 0 aliphatic rings. The first kappa shape index (κ1) is 21.0. The molecule has 3 heteroatoms. The van der Waals surface area contributed by atoms with E-state index in [1.807, 2.05) is 6.92 Å². The van der Waals surface area contributed by atoms with E-state index >= 15 is 0 Å². The first-order valence-electron chi connectivity index (χ1n) is 7.62. The Morgan fingerprint density at radius 2 is 1.45 bits per heavy atom. The lowest BCUT2D eigenvalue weighted by atomic mass is 9.77. The monoisotopic (exact) mass is 325 g/mol. The number of benzene rings is 1. The molecule has 0 heterocycles. The van der Waals surface area contributed by atoms with E-state index in [9.17, 15) is 5.11 Å². The van der Waals surface area contributed by atoms with Crippen LogP contribution in [0.5, 0.6) is 5.75 Å². The van der Waals surface area contributed by atoms with Crippen molar-refractivity contribution in [2.45, 2.75) is 71.8 Å². The zero-order valence-electron chi connectivity index (χ0n) is 15.1. The van der Waals surface area contributed by atoms with E-state index in [0.717, 1.165) is 28.7 Å². The fourth-order valence-corrected chi connectivity index (χ4v) is 2.51. The van der Waals surface area contributed by atoms with Gasteiger partial charge in [0, 0.05) is 6.04 Å². The number of halogens is 1. The Hall–Kier alpha value is -0.990. The van der Waals surface area contributed by atoms with Crippen LogP contribution in [0.4, 0.5) is 0 Å². The van der Waals surface area contributed by atoms with Crippen LogP contribution < -0.4 is 5.73 Å². The molecule has 0 aliphatic heterocycles. The maximum absolute atomic E-state index is 10.7. The molecule has 0 aliphatic carbocycles. The lowest BCUT2D eigenvalue weighted by Gasteiger charge is -2.29. The summed E-state index contributed by atoms with van der Waals surface area (Å²) in [6, 6.07) is 4.03. The van der Waals surface area contributed by atoms with Gasteiger partial charge in [-0.3, -0.25) is 0 Å². The minimum atomic E-state index is -0.122. The van der Waals surface area contributed by atoms with Crippen LogP contribution in [0.2, 0.25) is 0 Å². The molecule has 0 saturated heterocycles. The Bertz CT molecular complexity index is 500. The highest BCUT2D eigenvalue weighted by molar-refractivity contribution is 5.85. The van der Waals surface area contributed by atoms with Gasteiger partial charge in [0.1, 0.15) is 5.75 Å². The summed E-state index contributed by atoms with van der Waals surface area (Å²) < 4.78 is 0. The van der Waals surface area contributed by atoms with Gasteiger partial charge in [0.25, 0.3) is 0 Å². The maximum Gasteiger partial charge on any atom is 0.123 e. The zero-order valence-corrected chi connectivity index (χ0v) is 15.9. The van der Waals surface area contributed by atoms with E-state index in [1.165, 1.54) is 0 Å². The van der Waals surface area contributed by atoms with E-state index in [2.05, 4.69) is 60.3 Å². The smallest absolute Gasteiger partial charge is 0.123 e. The molecule has 126 valence electrons. The lowest BCUT2D eigenvalue weighted by Crippen LogP contribution is -2.20. The summed E-state index contributed by atoms with van der Waals surface area (Å²) in [6.07, 6.45) is 0.762. The van der Waals surface area contributed by atoms with Gasteiger partial charge in [-0.2, -0.15) is 0 Å². The molecule has 0 amide bonds. The van der Waals surface area contributed by atoms with Crippen LogP contribution in [-0.2, 0) is 10.8 Å². The predicted molar refractivity (Wildman–Crippen MR) is 99.1 cm³/mol. The summed E-state index contributed by atoms with van der Waals surface area (Å²) in [6.45, 7) is 18.6. The minimum Gasteiger partial charge on any atom is -0.507 e. The SMILES string of the molecule is C=C(C)C[C@H](N)c1cc(C(C)(C)C)c(O)c(C(C)(C)C)c1.Cl. The summed E-state index contributed by atoms with van der Waals surface area (Å²) in [5.74, 6) is 0.404. The van der Waals surface area contributed by atoms with Crippen LogP contribution in [0, 0.1) is 0 Å². The molecule has 1 rings (SSSR count). The van der Waals surface area contributed by atoms with Gasteiger partial charge >= 0.3 is 0 Å². The van der Waals surface area contributed by atoms with Gasteiger partial charge in [0.15, 0.2) is 0 Å². The molecule has 1 atom stereocenters. The van der Waals surface area contributed by atoms with Gasteiger partial charge < -0.3 is 10.8 Å². The first-order valence-corrected chi connectivity index (χ1v) is 7.62. The Morgan fingerprint density at radius 3 is 1.73 bits per heavy atom. The number of phenolic OH excluding ortho intramolecular Hbond substituents is 1. The van der Waals surface area contributed by atoms with Crippen molar-refractivity contribution in [3.63, 3.8) is 0 Å². The standard InChI is InChI=1S/C19H31NO.ClH/c1-12(2)9-16(20)13-10-14(18(3,4)5)17(21)15(11-13)19(6,7)8;/h10-11,16,21H,1,9,20H2,2-8H3;1H/t16-;/m0./s1. The normalized spacial score (nSPS) is 13.5. The Kier molecular flexibility index (Phi) is 6.74. The Balaban J connectivity index is 0.00000441. The van der Waals surface area contributed by atoms with Gasteiger partial charge in [-0.1, -0.05) is 47.1 Å². The number of rotatable bonds is 3. The molecular weight excluding hydrogens is 294 g/mol. The molecule has 0 saturated carbocycles. The summed E-state index contributed by atoms with van der Waals surface area (Å²) >= 11 is 0. The van der Waals surface area contributed by atoms with Crippen molar-refractivity contribution in [1.82, 2.24) is 0 Å². The largest absolute Gasteiger partial charge is 0.507 e. The zero-order chi connectivity index (χ0) is 16.6. The molecule has 3 N–H and O–H groups in total. The van der Waals surface area contributed by atoms with Gasteiger partial charge in [-0.15, -0.1) is 19.0 Å². The molecule has 0 bridgehead atoms. The second kappa shape index (κ2) is 7.06. The topological polar surface area (TPSA) is 46.2 Å². The number of hydrogen-bond donors (Lipinski definition) is 2. The van der Waals surface area contributed by atoms with Gasteiger partial charge in [-0.25, -0.2) is 0 Å².